The molecule has 0 radical (unpaired) electrons. The number of likely N-dealkylation sites (tertiary alicyclic amines) is 1. The van der Waals surface area contributed by atoms with Crippen molar-refractivity contribution < 1.29 is 0 Å². The Bertz CT molecular complexity index is 572. The molecule has 1 aliphatic heterocycles. The van der Waals surface area contributed by atoms with Gasteiger partial charge >= 0.3 is 0 Å². The van der Waals surface area contributed by atoms with E-state index in [9.17, 15) is 0 Å². The summed E-state index contributed by atoms with van der Waals surface area (Å²) in [4.78, 5) is 6.89. The molecule has 1 aromatic heterocycles. The molecule has 0 amide bonds. The van der Waals surface area contributed by atoms with Crippen molar-refractivity contribution in [3.05, 3.63) is 23.2 Å². The van der Waals surface area contributed by atoms with Gasteiger partial charge in [0.2, 0.25) is 5.95 Å². The third kappa shape index (κ3) is 2.69. The smallest absolute Gasteiger partial charge is 0.201 e. The number of rotatable bonds is 4. The molecular formula is C14H19ClN4. The van der Waals surface area contributed by atoms with Gasteiger partial charge in [0.15, 0.2) is 0 Å². The van der Waals surface area contributed by atoms with Crippen molar-refractivity contribution in [2.24, 2.45) is 0 Å². The van der Waals surface area contributed by atoms with E-state index in [-0.39, 0.29) is 0 Å². The molecule has 1 fully saturated rings. The van der Waals surface area contributed by atoms with Crippen LogP contribution in [0.1, 0.15) is 19.3 Å². The van der Waals surface area contributed by atoms with Gasteiger partial charge in [-0.2, -0.15) is 0 Å². The molecule has 2 aromatic rings. The minimum absolute atomic E-state index is 0.582. The number of benzene rings is 1. The summed E-state index contributed by atoms with van der Waals surface area (Å²) < 4.78 is 2.09. The number of halogens is 1. The second kappa shape index (κ2) is 5.39. The van der Waals surface area contributed by atoms with Gasteiger partial charge < -0.3 is 15.2 Å². The molecule has 0 spiro atoms. The summed E-state index contributed by atoms with van der Waals surface area (Å²) in [5, 5.41) is 0.703. The number of nitrogens with two attached hydrogens (primary N) is 1. The largest absolute Gasteiger partial charge is 0.369 e. The molecule has 0 unspecified atom stereocenters. The highest BCUT2D eigenvalue weighted by atomic mass is 35.5. The van der Waals surface area contributed by atoms with Gasteiger partial charge in [0.05, 0.1) is 11.0 Å². The molecule has 0 atom stereocenters. The molecular weight excluding hydrogens is 260 g/mol. The number of aryl methyl sites for hydroxylation is 1. The van der Waals surface area contributed by atoms with E-state index in [2.05, 4.69) is 14.5 Å². The Morgan fingerprint density at radius 2 is 2.00 bits per heavy atom. The highest BCUT2D eigenvalue weighted by molar-refractivity contribution is 6.31. The van der Waals surface area contributed by atoms with Crippen molar-refractivity contribution in [1.82, 2.24) is 14.5 Å². The number of nitrogens with zero attached hydrogens (tertiary/aromatic N) is 3. The molecule has 1 aromatic carbocycles. The first-order valence-electron chi connectivity index (χ1n) is 6.88. The maximum atomic E-state index is 5.99. The van der Waals surface area contributed by atoms with Gasteiger partial charge in [0.25, 0.3) is 0 Å². The summed E-state index contributed by atoms with van der Waals surface area (Å²) in [5.74, 6) is 0.582. The van der Waals surface area contributed by atoms with Crippen LogP contribution < -0.4 is 5.73 Å². The van der Waals surface area contributed by atoms with E-state index in [1.54, 1.807) is 0 Å². The fraction of sp³-hybridized carbons (Fsp3) is 0.500. The minimum atomic E-state index is 0.582. The average Bonchev–Trinajstić information content (AvgIpc) is 2.98. The van der Waals surface area contributed by atoms with Gasteiger partial charge in [0.1, 0.15) is 0 Å². The zero-order chi connectivity index (χ0) is 13.2. The van der Waals surface area contributed by atoms with E-state index in [1.165, 1.54) is 25.9 Å². The first-order chi connectivity index (χ1) is 9.24. The second-order valence-electron chi connectivity index (χ2n) is 5.16. The maximum absolute atomic E-state index is 5.99. The number of anilines is 1. The average molecular weight is 279 g/mol. The summed E-state index contributed by atoms with van der Waals surface area (Å²) in [6.45, 7) is 4.55. The molecule has 1 aliphatic rings. The lowest BCUT2D eigenvalue weighted by atomic mass is 10.3. The van der Waals surface area contributed by atoms with E-state index in [4.69, 9.17) is 17.3 Å². The predicted octanol–water partition coefficient (Wildman–Crippen LogP) is 2.76. The van der Waals surface area contributed by atoms with Crippen molar-refractivity contribution in [1.29, 1.82) is 0 Å². The fourth-order valence-electron chi connectivity index (χ4n) is 2.82. The summed E-state index contributed by atoms with van der Waals surface area (Å²) in [7, 11) is 0. The number of aromatic nitrogens is 2. The van der Waals surface area contributed by atoms with Crippen LogP contribution in [-0.4, -0.2) is 34.1 Å². The Kier molecular flexibility index (Phi) is 3.62. The van der Waals surface area contributed by atoms with E-state index in [0.717, 1.165) is 30.5 Å². The molecule has 0 saturated carbocycles. The number of fused-ring (bicyclic) bond motifs is 1. The van der Waals surface area contributed by atoms with E-state index >= 15 is 0 Å². The van der Waals surface area contributed by atoms with Gasteiger partial charge in [-0.1, -0.05) is 11.6 Å². The maximum Gasteiger partial charge on any atom is 0.201 e. The lowest BCUT2D eigenvalue weighted by molar-refractivity contribution is 0.326. The Labute approximate surface area is 118 Å². The number of hydrogen-bond donors (Lipinski definition) is 1. The van der Waals surface area contributed by atoms with Crippen molar-refractivity contribution in [2.45, 2.75) is 25.8 Å². The summed E-state index contributed by atoms with van der Waals surface area (Å²) in [5.41, 5.74) is 7.95. The number of hydrogen-bond acceptors (Lipinski definition) is 3. The quantitative estimate of drug-likeness (QED) is 0.935. The van der Waals surface area contributed by atoms with E-state index in [0.29, 0.717) is 11.0 Å². The fourth-order valence-corrected chi connectivity index (χ4v) is 2.98. The van der Waals surface area contributed by atoms with Crippen LogP contribution in [0.4, 0.5) is 5.95 Å². The molecule has 3 rings (SSSR count). The lowest BCUT2D eigenvalue weighted by Crippen LogP contribution is -2.21. The normalized spacial score (nSPS) is 16.5. The SMILES string of the molecule is Nc1nc2cc(Cl)ccc2n1CCCN1CCCC1. The third-order valence-electron chi connectivity index (χ3n) is 3.79. The standard InChI is InChI=1S/C14H19ClN4/c15-11-4-5-13-12(10-11)17-14(16)19(13)9-3-8-18-6-1-2-7-18/h4-5,10H,1-3,6-9H2,(H2,16,17). The van der Waals surface area contributed by atoms with Crippen LogP contribution in [0.25, 0.3) is 11.0 Å². The summed E-state index contributed by atoms with van der Waals surface area (Å²) >= 11 is 5.97. The minimum Gasteiger partial charge on any atom is -0.369 e. The molecule has 5 heteroatoms. The van der Waals surface area contributed by atoms with Gasteiger partial charge in [-0.05, 0) is 57.1 Å². The van der Waals surface area contributed by atoms with Gasteiger partial charge in [-0.25, -0.2) is 4.98 Å². The highest BCUT2D eigenvalue weighted by Gasteiger charge is 2.12. The van der Waals surface area contributed by atoms with Crippen LogP contribution in [0.2, 0.25) is 5.02 Å². The molecule has 4 nitrogen and oxygen atoms in total. The molecule has 19 heavy (non-hydrogen) atoms. The Morgan fingerprint density at radius 3 is 2.79 bits per heavy atom. The zero-order valence-corrected chi connectivity index (χ0v) is 11.7. The Balaban J connectivity index is 1.71. The summed E-state index contributed by atoms with van der Waals surface area (Å²) in [6, 6.07) is 5.75. The molecule has 0 bridgehead atoms. The summed E-state index contributed by atoms with van der Waals surface area (Å²) in [6.07, 6.45) is 3.79. The predicted molar refractivity (Wildman–Crippen MR) is 79.4 cm³/mol. The van der Waals surface area contributed by atoms with Crippen LogP contribution in [0.3, 0.4) is 0 Å². The number of imidazole rings is 1. The Hall–Kier alpha value is -1.26. The van der Waals surface area contributed by atoms with Crippen molar-refractivity contribution in [3.8, 4) is 0 Å². The van der Waals surface area contributed by atoms with Crippen LogP contribution in [0.15, 0.2) is 18.2 Å². The van der Waals surface area contributed by atoms with Crippen molar-refractivity contribution >= 4 is 28.6 Å². The third-order valence-corrected chi connectivity index (χ3v) is 4.03. The molecule has 102 valence electrons. The highest BCUT2D eigenvalue weighted by Crippen LogP contribution is 2.22. The molecule has 0 aliphatic carbocycles. The van der Waals surface area contributed by atoms with Crippen molar-refractivity contribution in [3.63, 3.8) is 0 Å². The number of nitrogen functional groups attached to an aromatic ring is 1. The van der Waals surface area contributed by atoms with Gasteiger partial charge in [0, 0.05) is 11.6 Å². The lowest BCUT2D eigenvalue weighted by Gasteiger charge is -2.14. The van der Waals surface area contributed by atoms with Crippen LogP contribution in [0, 0.1) is 0 Å². The van der Waals surface area contributed by atoms with Gasteiger partial charge in [-0.3, -0.25) is 0 Å². The topological polar surface area (TPSA) is 47.1 Å². The van der Waals surface area contributed by atoms with Crippen molar-refractivity contribution in [2.75, 3.05) is 25.4 Å². The Morgan fingerprint density at radius 1 is 1.21 bits per heavy atom. The second-order valence-corrected chi connectivity index (χ2v) is 5.59. The molecule has 2 heterocycles. The molecule has 1 saturated heterocycles. The van der Waals surface area contributed by atoms with Crippen LogP contribution in [-0.2, 0) is 6.54 Å². The van der Waals surface area contributed by atoms with Crippen LogP contribution in [0.5, 0.6) is 0 Å². The van der Waals surface area contributed by atoms with E-state index in [1.807, 2.05) is 18.2 Å². The monoisotopic (exact) mass is 278 g/mol. The first-order valence-corrected chi connectivity index (χ1v) is 7.25. The zero-order valence-electron chi connectivity index (χ0n) is 11.0. The van der Waals surface area contributed by atoms with Gasteiger partial charge in [-0.15, -0.1) is 0 Å². The molecule has 2 N–H and O–H groups in total. The first kappa shape index (κ1) is 12.8. The van der Waals surface area contributed by atoms with E-state index < -0.39 is 0 Å². The van der Waals surface area contributed by atoms with Crippen LogP contribution >= 0.6 is 11.6 Å².